The first-order chi connectivity index (χ1) is 10.7. The summed E-state index contributed by atoms with van der Waals surface area (Å²) in [7, 11) is 1.59. The lowest BCUT2D eigenvalue weighted by Crippen LogP contribution is -2.37. The van der Waals surface area contributed by atoms with Gasteiger partial charge in [-0.15, -0.1) is 0 Å². The average Bonchev–Trinajstić information content (AvgIpc) is 3.05. The van der Waals surface area contributed by atoms with E-state index in [9.17, 15) is 4.79 Å². The third kappa shape index (κ3) is 5.13. The van der Waals surface area contributed by atoms with Crippen LogP contribution in [0.2, 0.25) is 0 Å². The number of ether oxygens (including phenoxy) is 2. The molecule has 0 aliphatic heterocycles. The summed E-state index contributed by atoms with van der Waals surface area (Å²) in [5, 5.41) is 3.73. The zero-order valence-electron chi connectivity index (χ0n) is 13.3. The van der Waals surface area contributed by atoms with Crippen LogP contribution in [0.4, 0.5) is 0 Å². The summed E-state index contributed by atoms with van der Waals surface area (Å²) >= 11 is 1.97. The molecular formula is C17H25NO3S. The van der Waals surface area contributed by atoms with Crippen molar-refractivity contribution in [2.24, 2.45) is 0 Å². The van der Waals surface area contributed by atoms with Gasteiger partial charge >= 0.3 is 0 Å². The van der Waals surface area contributed by atoms with Gasteiger partial charge in [0, 0.05) is 17.5 Å². The van der Waals surface area contributed by atoms with Crippen molar-refractivity contribution in [1.82, 2.24) is 5.32 Å². The maximum atomic E-state index is 12.1. The average molecular weight is 323 g/mol. The second-order valence-electron chi connectivity index (χ2n) is 5.48. The van der Waals surface area contributed by atoms with Gasteiger partial charge in [0.05, 0.1) is 7.11 Å². The molecule has 1 aromatic rings. The van der Waals surface area contributed by atoms with Crippen LogP contribution in [0.25, 0.3) is 0 Å². The standard InChI is InChI=1S/C17H25NO3S/c1-13(21-16-10-6-5-9-15(16)20-2)17(19)18-11-12-22-14-7-3-4-8-14/h5-6,9-10,13-14H,3-4,7-8,11-12H2,1-2H3,(H,18,19)/t13-/m1/s1. The molecule has 4 nitrogen and oxygen atoms in total. The number of thioether (sulfide) groups is 1. The van der Waals surface area contributed by atoms with Gasteiger partial charge in [-0.25, -0.2) is 0 Å². The van der Waals surface area contributed by atoms with Crippen molar-refractivity contribution in [3.8, 4) is 11.5 Å². The number of carbonyl (C=O) groups excluding carboxylic acids is 1. The van der Waals surface area contributed by atoms with E-state index in [2.05, 4.69) is 5.32 Å². The molecule has 0 spiro atoms. The third-order valence-electron chi connectivity index (χ3n) is 3.80. The monoisotopic (exact) mass is 323 g/mol. The molecule has 0 saturated heterocycles. The van der Waals surface area contributed by atoms with E-state index in [1.807, 2.05) is 30.0 Å². The van der Waals surface area contributed by atoms with Crippen molar-refractivity contribution < 1.29 is 14.3 Å². The predicted octanol–water partition coefficient (Wildman–Crippen LogP) is 3.25. The number of rotatable bonds is 8. The van der Waals surface area contributed by atoms with Crippen molar-refractivity contribution in [1.29, 1.82) is 0 Å². The highest BCUT2D eigenvalue weighted by Gasteiger charge is 2.17. The Morgan fingerprint density at radius 3 is 2.68 bits per heavy atom. The summed E-state index contributed by atoms with van der Waals surface area (Å²) in [5.41, 5.74) is 0. The molecule has 0 radical (unpaired) electrons. The number of methoxy groups -OCH3 is 1. The summed E-state index contributed by atoms with van der Waals surface area (Å²) < 4.78 is 10.9. The normalized spacial score (nSPS) is 16.3. The van der Waals surface area contributed by atoms with Crippen LogP contribution in [-0.2, 0) is 4.79 Å². The first-order valence-electron chi connectivity index (χ1n) is 7.89. The number of hydrogen-bond acceptors (Lipinski definition) is 4. The predicted molar refractivity (Wildman–Crippen MR) is 90.8 cm³/mol. The highest BCUT2D eigenvalue weighted by Crippen LogP contribution is 2.29. The van der Waals surface area contributed by atoms with E-state index in [1.165, 1.54) is 25.7 Å². The van der Waals surface area contributed by atoms with E-state index in [-0.39, 0.29) is 5.91 Å². The molecule has 1 aliphatic rings. The summed E-state index contributed by atoms with van der Waals surface area (Å²) in [6.07, 6.45) is 4.83. The number of carbonyl (C=O) groups is 1. The van der Waals surface area contributed by atoms with Crippen molar-refractivity contribution in [2.75, 3.05) is 19.4 Å². The quantitative estimate of drug-likeness (QED) is 0.746. The van der Waals surface area contributed by atoms with Crippen LogP contribution >= 0.6 is 11.8 Å². The van der Waals surface area contributed by atoms with Crippen LogP contribution < -0.4 is 14.8 Å². The van der Waals surface area contributed by atoms with Crippen LogP contribution in [0, 0.1) is 0 Å². The molecular weight excluding hydrogens is 298 g/mol. The molecule has 1 amide bonds. The molecule has 1 atom stereocenters. The Labute approximate surface area is 137 Å². The molecule has 5 heteroatoms. The largest absolute Gasteiger partial charge is 0.493 e. The fourth-order valence-corrected chi connectivity index (χ4v) is 3.78. The molecule has 1 saturated carbocycles. The summed E-state index contributed by atoms with van der Waals surface area (Å²) in [6.45, 7) is 2.45. The maximum absolute atomic E-state index is 12.1. The highest BCUT2D eigenvalue weighted by molar-refractivity contribution is 7.99. The Bertz CT molecular complexity index is 475. The Morgan fingerprint density at radius 1 is 1.32 bits per heavy atom. The van der Waals surface area contributed by atoms with E-state index < -0.39 is 6.10 Å². The zero-order valence-corrected chi connectivity index (χ0v) is 14.2. The van der Waals surface area contributed by atoms with Gasteiger partial charge in [-0.05, 0) is 31.9 Å². The van der Waals surface area contributed by atoms with Crippen molar-refractivity contribution in [2.45, 2.75) is 44.0 Å². The van der Waals surface area contributed by atoms with Crippen molar-refractivity contribution in [3.63, 3.8) is 0 Å². The molecule has 0 heterocycles. The molecule has 0 unspecified atom stereocenters. The summed E-state index contributed by atoms with van der Waals surface area (Å²) in [5.74, 6) is 2.11. The van der Waals surface area contributed by atoms with Gasteiger partial charge in [0.1, 0.15) is 0 Å². The van der Waals surface area contributed by atoms with E-state index in [1.54, 1.807) is 20.1 Å². The first kappa shape index (κ1) is 17.0. The van der Waals surface area contributed by atoms with Gasteiger partial charge in [0.2, 0.25) is 0 Å². The van der Waals surface area contributed by atoms with Gasteiger partial charge in [0.15, 0.2) is 17.6 Å². The number of nitrogens with one attached hydrogen (secondary N) is 1. The summed E-state index contributed by atoms with van der Waals surface area (Å²) in [6, 6.07) is 7.36. The van der Waals surface area contributed by atoms with E-state index in [0.717, 1.165) is 11.0 Å². The van der Waals surface area contributed by atoms with Crippen LogP contribution in [0.15, 0.2) is 24.3 Å². The Kier molecular flexibility index (Phi) is 6.90. The third-order valence-corrected chi connectivity index (χ3v) is 5.18. The second kappa shape index (κ2) is 8.93. The van der Waals surface area contributed by atoms with Gasteiger partial charge in [-0.3, -0.25) is 4.79 Å². The van der Waals surface area contributed by atoms with Gasteiger partial charge in [-0.1, -0.05) is 25.0 Å². The zero-order chi connectivity index (χ0) is 15.8. The van der Waals surface area contributed by atoms with Crippen LogP contribution in [-0.4, -0.2) is 36.7 Å². The topological polar surface area (TPSA) is 47.6 Å². The smallest absolute Gasteiger partial charge is 0.260 e. The van der Waals surface area contributed by atoms with Crippen LogP contribution in [0.1, 0.15) is 32.6 Å². The minimum absolute atomic E-state index is 0.0853. The number of hydrogen-bond donors (Lipinski definition) is 1. The minimum Gasteiger partial charge on any atom is -0.493 e. The molecule has 2 rings (SSSR count). The van der Waals surface area contributed by atoms with Crippen molar-refractivity contribution in [3.05, 3.63) is 24.3 Å². The van der Waals surface area contributed by atoms with Crippen LogP contribution in [0.3, 0.4) is 0 Å². The first-order valence-corrected chi connectivity index (χ1v) is 8.94. The molecule has 1 aromatic carbocycles. The fraction of sp³-hybridized carbons (Fsp3) is 0.588. The van der Waals surface area contributed by atoms with E-state index >= 15 is 0 Å². The Hall–Kier alpha value is -1.36. The SMILES string of the molecule is COc1ccccc1O[C@H](C)C(=O)NCCSC1CCCC1. The lowest BCUT2D eigenvalue weighted by atomic mass is 10.3. The van der Waals surface area contributed by atoms with Gasteiger partial charge in [0.25, 0.3) is 5.91 Å². The molecule has 1 aliphatic carbocycles. The Balaban J connectivity index is 1.70. The van der Waals surface area contributed by atoms with Crippen molar-refractivity contribution >= 4 is 17.7 Å². The number of para-hydroxylation sites is 2. The van der Waals surface area contributed by atoms with E-state index in [0.29, 0.717) is 18.0 Å². The second-order valence-corrected chi connectivity index (χ2v) is 6.89. The molecule has 0 bridgehead atoms. The number of amides is 1. The lowest BCUT2D eigenvalue weighted by molar-refractivity contribution is -0.127. The Morgan fingerprint density at radius 2 is 2.00 bits per heavy atom. The highest BCUT2D eigenvalue weighted by atomic mass is 32.2. The lowest BCUT2D eigenvalue weighted by Gasteiger charge is -2.17. The molecule has 122 valence electrons. The summed E-state index contributed by atoms with van der Waals surface area (Å²) in [4.78, 5) is 12.1. The van der Waals surface area contributed by atoms with Gasteiger partial charge < -0.3 is 14.8 Å². The molecule has 0 aromatic heterocycles. The fourth-order valence-electron chi connectivity index (χ4n) is 2.56. The molecule has 22 heavy (non-hydrogen) atoms. The number of benzene rings is 1. The molecule has 1 fully saturated rings. The van der Waals surface area contributed by atoms with Crippen LogP contribution in [0.5, 0.6) is 11.5 Å². The molecule has 1 N–H and O–H groups in total. The van der Waals surface area contributed by atoms with Gasteiger partial charge in [-0.2, -0.15) is 11.8 Å². The van der Waals surface area contributed by atoms with E-state index in [4.69, 9.17) is 9.47 Å². The maximum Gasteiger partial charge on any atom is 0.260 e. The minimum atomic E-state index is -0.534.